The van der Waals surface area contributed by atoms with E-state index in [2.05, 4.69) is 120 Å². The van der Waals surface area contributed by atoms with E-state index in [1.807, 2.05) is 72.8 Å². The lowest BCUT2D eigenvalue weighted by Crippen LogP contribution is -2.74. The standard InChI is InChI=1S/C45H28N4Si/c46-29-32-20-25-45-43(26-32)41-18-10-11-19-44(41)49(45)35-22-24-40(34(27-35)31-48)42-28-39(23-21-33(42)30-47)50(36-12-4-1-5-13-36,37-14-6-2-7-15-37)38-16-8-3-9-17-38/h1-28H. The largest absolute Gasteiger partial charge is 0.309 e. The van der Waals surface area contributed by atoms with Crippen LogP contribution in [0.4, 0.5) is 0 Å². The van der Waals surface area contributed by atoms with E-state index in [9.17, 15) is 15.8 Å². The molecule has 0 aliphatic rings. The molecule has 8 aromatic rings. The topological polar surface area (TPSA) is 76.3 Å². The SMILES string of the molecule is N#Cc1ccc2c(c1)c1ccccc1n2-c1ccc(-c2cc([Si](c3ccccc3)(c3ccccc3)c3ccccc3)ccc2C#N)c(C#N)c1. The van der Waals surface area contributed by atoms with Gasteiger partial charge < -0.3 is 4.57 Å². The molecule has 0 saturated heterocycles. The van der Waals surface area contributed by atoms with Gasteiger partial charge >= 0.3 is 0 Å². The van der Waals surface area contributed by atoms with Gasteiger partial charge in [0.15, 0.2) is 8.07 Å². The summed E-state index contributed by atoms with van der Waals surface area (Å²) < 4.78 is 2.14. The number of nitriles is 3. The van der Waals surface area contributed by atoms with Crippen molar-refractivity contribution in [2.24, 2.45) is 0 Å². The molecule has 0 aliphatic heterocycles. The fourth-order valence-corrected chi connectivity index (χ4v) is 12.3. The van der Waals surface area contributed by atoms with Gasteiger partial charge in [0.25, 0.3) is 0 Å². The summed E-state index contributed by atoms with van der Waals surface area (Å²) in [7, 11) is -2.87. The average molecular weight is 653 g/mol. The average Bonchev–Trinajstić information content (AvgIpc) is 3.53. The van der Waals surface area contributed by atoms with Crippen molar-refractivity contribution in [2.75, 3.05) is 0 Å². The van der Waals surface area contributed by atoms with Crippen molar-refractivity contribution < 1.29 is 0 Å². The lowest BCUT2D eigenvalue weighted by atomic mass is 9.95. The summed E-state index contributed by atoms with van der Waals surface area (Å²) in [6.07, 6.45) is 0. The number of hydrogen-bond acceptors (Lipinski definition) is 3. The second-order valence-electron chi connectivity index (χ2n) is 12.3. The maximum absolute atomic E-state index is 10.7. The molecule has 5 heteroatoms. The summed E-state index contributed by atoms with van der Waals surface area (Å²) in [4.78, 5) is 0. The highest BCUT2D eigenvalue weighted by molar-refractivity contribution is 7.19. The summed E-state index contributed by atoms with van der Waals surface area (Å²) in [5.74, 6) is 0. The van der Waals surface area contributed by atoms with Crippen LogP contribution in [0.3, 0.4) is 0 Å². The van der Waals surface area contributed by atoms with E-state index in [1.54, 1.807) is 0 Å². The molecule has 0 amide bonds. The molecule has 1 aromatic heterocycles. The van der Waals surface area contributed by atoms with Crippen LogP contribution in [-0.4, -0.2) is 12.6 Å². The molecule has 1 heterocycles. The lowest BCUT2D eigenvalue weighted by Gasteiger charge is -2.34. The molecular formula is C45H28N4Si. The van der Waals surface area contributed by atoms with Crippen LogP contribution in [0, 0.1) is 34.0 Å². The van der Waals surface area contributed by atoms with Crippen LogP contribution >= 0.6 is 0 Å². The smallest absolute Gasteiger partial charge is 0.179 e. The quantitative estimate of drug-likeness (QED) is 0.138. The maximum atomic E-state index is 10.7. The molecule has 0 saturated carbocycles. The Bertz CT molecular complexity index is 2580. The van der Waals surface area contributed by atoms with Crippen molar-refractivity contribution in [1.82, 2.24) is 4.57 Å². The molecule has 232 valence electrons. The summed E-state index contributed by atoms with van der Waals surface area (Å²) in [5.41, 5.74) is 5.78. The number of benzene rings is 7. The van der Waals surface area contributed by atoms with Crippen molar-refractivity contribution >= 4 is 50.6 Å². The maximum Gasteiger partial charge on any atom is 0.179 e. The first kappa shape index (κ1) is 30.4. The van der Waals surface area contributed by atoms with Crippen LogP contribution in [0.25, 0.3) is 38.6 Å². The van der Waals surface area contributed by atoms with Crippen molar-refractivity contribution in [1.29, 1.82) is 15.8 Å². The van der Waals surface area contributed by atoms with Crippen molar-refractivity contribution in [3.05, 3.63) is 187 Å². The Hall–Kier alpha value is -6.97. The van der Waals surface area contributed by atoms with Crippen LogP contribution in [0.15, 0.2) is 170 Å². The van der Waals surface area contributed by atoms with E-state index >= 15 is 0 Å². The fourth-order valence-electron chi connectivity index (χ4n) is 7.48. The van der Waals surface area contributed by atoms with Crippen molar-refractivity contribution in [2.45, 2.75) is 0 Å². The first-order valence-electron chi connectivity index (χ1n) is 16.4. The van der Waals surface area contributed by atoms with Crippen LogP contribution in [0.5, 0.6) is 0 Å². The Morgan fingerprint density at radius 3 is 1.58 bits per heavy atom. The molecule has 0 bridgehead atoms. The Labute approximate surface area is 291 Å². The van der Waals surface area contributed by atoms with E-state index in [1.165, 1.54) is 15.6 Å². The Balaban J connectivity index is 1.37. The zero-order valence-electron chi connectivity index (χ0n) is 27.0. The number of fused-ring (bicyclic) bond motifs is 3. The molecule has 0 N–H and O–H groups in total. The van der Waals surface area contributed by atoms with Gasteiger partial charge in [-0.05, 0) is 63.2 Å². The van der Waals surface area contributed by atoms with Crippen molar-refractivity contribution in [3.63, 3.8) is 0 Å². The van der Waals surface area contributed by atoms with E-state index in [-0.39, 0.29) is 0 Å². The Kier molecular flexibility index (Phi) is 7.63. The highest BCUT2D eigenvalue weighted by Gasteiger charge is 2.41. The van der Waals surface area contributed by atoms with Crippen molar-refractivity contribution in [3.8, 4) is 35.0 Å². The van der Waals surface area contributed by atoms with Gasteiger partial charge in [0.1, 0.15) is 0 Å². The summed E-state index contributed by atoms with van der Waals surface area (Å²) in [6.45, 7) is 0. The Morgan fingerprint density at radius 1 is 0.400 bits per heavy atom. The first-order chi connectivity index (χ1) is 24.7. The molecule has 7 aromatic carbocycles. The molecule has 50 heavy (non-hydrogen) atoms. The minimum atomic E-state index is -2.87. The number of nitrogens with zero attached hydrogens (tertiary/aromatic N) is 4. The van der Waals surface area contributed by atoms with Gasteiger partial charge in [-0.15, -0.1) is 0 Å². The predicted octanol–water partition coefficient (Wildman–Crippen LogP) is 7.44. The van der Waals surface area contributed by atoms with Gasteiger partial charge in [0.05, 0.1) is 45.9 Å². The summed E-state index contributed by atoms with van der Waals surface area (Å²) in [6, 6.07) is 65.0. The van der Waals surface area contributed by atoms with Gasteiger partial charge in [-0.1, -0.05) is 127 Å². The van der Waals surface area contributed by atoms with Crippen LogP contribution in [-0.2, 0) is 0 Å². The number of hydrogen-bond donors (Lipinski definition) is 0. The van der Waals surface area contributed by atoms with Gasteiger partial charge in [0.2, 0.25) is 0 Å². The normalized spacial score (nSPS) is 11.1. The zero-order valence-corrected chi connectivity index (χ0v) is 28.0. The minimum Gasteiger partial charge on any atom is -0.309 e. The third-order valence-corrected chi connectivity index (χ3v) is 14.4. The highest BCUT2D eigenvalue weighted by Crippen LogP contribution is 2.35. The molecule has 0 spiro atoms. The molecule has 0 aliphatic carbocycles. The summed E-state index contributed by atoms with van der Waals surface area (Å²) >= 11 is 0. The third kappa shape index (κ3) is 4.80. The van der Waals surface area contributed by atoms with Crippen LogP contribution in [0.1, 0.15) is 16.7 Å². The molecular weight excluding hydrogens is 625 g/mol. The third-order valence-electron chi connectivity index (χ3n) is 9.67. The molecule has 0 radical (unpaired) electrons. The van der Waals surface area contributed by atoms with Gasteiger partial charge in [-0.25, -0.2) is 0 Å². The minimum absolute atomic E-state index is 0.474. The number of aromatic nitrogens is 1. The lowest BCUT2D eigenvalue weighted by molar-refractivity contribution is 1.18. The molecule has 8 rings (SSSR count). The predicted molar refractivity (Wildman–Crippen MR) is 204 cm³/mol. The highest BCUT2D eigenvalue weighted by atomic mass is 28.3. The second-order valence-corrected chi connectivity index (χ2v) is 16.1. The van der Waals surface area contributed by atoms with Gasteiger partial charge in [-0.2, -0.15) is 15.8 Å². The number of para-hydroxylation sites is 1. The monoisotopic (exact) mass is 652 g/mol. The number of rotatable bonds is 6. The van der Waals surface area contributed by atoms with Crippen LogP contribution < -0.4 is 20.7 Å². The molecule has 4 nitrogen and oxygen atoms in total. The van der Waals surface area contributed by atoms with E-state index in [4.69, 9.17) is 0 Å². The van der Waals surface area contributed by atoms with E-state index in [0.29, 0.717) is 22.3 Å². The van der Waals surface area contributed by atoms with Gasteiger partial charge in [0, 0.05) is 27.6 Å². The second kappa shape index (κ2) is 12.6. The molecule has 0 unspecified atom stereocenters. The first-order valence-corrected chi connectivity index (χ1v) is 18.4. The van der Waals surface area contributed by atoms with Crippen LogP contribution in [0.2, 0.25) is 0 Å². The molecule has 0 fully saturated rings. The zero-order chi connectivity index (χ0) is 34.1. The Morgan fingerprint density at radius 2 is 0.980 bits per heavy atom. The van der Waals surface area contributed by atoms with E-state index in [0.717, 1.165) is 38.2 Å². The fraction of sp³-hybridized carbons (Fsp3) is 0. The molecule has 0 atom stereocenters. The van der Waals surface area contributed by atoms with Gasteiger partial charge in [-0.3, -0.25) is 0 Å². The summed E-state index contributed by atoms with van der Waals surface area (Å²) in [5, 5.41) is 37.5. The van der Waals surface area contributed by atoms with E-state index < -0.39 is 8.07 Å².